The topological polar surface area (TPSA) is 21.3 Å². The molecular weight excluding hydrogens is 222 g/mol. The zero-order valence-electron chi connectivity index (χ0n) is 11.0. The Bertz CT molecular complexity index is 470. The molecule has 18 heavy (non-hydrogen) atoms. The van der Waals surface area contributed by atoms with Gasteiger partial charge in [0.15, 0.2) is 0 Å². The Morgan fingerprint density at radius 2 is 2.17 bits per heavy atom. The number of ether oxygens (including phenoxy) is 1. The van der Waals surface area contributed by atoms with Gasteiger partial charge in [-0.15, -0.1) is 0 Å². The molecule has 3 aliphatic rings. The summed E-state index contributed by atoms with van der Waals surface area (Å²) in [4.78, 5) is 0. The monoisotopic (exact) mass is 243 g/mol. The average molecular weight is 243 g/mol. The van der Waals surface area contributed by atoms with Crippen LogP contribution < -0.4 is 5.32 Å². The molecule has 2 aliphatic heterocycles. The highest BCUT2D eigenvalue weighted by Gasteiger charge is 2.50. The van der Waals surface area contributed by atoms with E-state index in [-0.39, 0.29) is 5.60 Å². The van der Waals surface area contributed by atoms with E-state index in [2.05, 4.69) is 30.4 Å². The lowest BCUT2D eigenvalue weighted by Crippen LogP contribution is -2.31. The van der Waals surface area contributed by atoms with Gasteiger partial charge in [-0.05, 0) is 54.8 Å². The summed E-state index contributed by atoms with van der Waals surface area (Å²) in [5, 5.41) is 3.68. The van der Waals surface area contributed by atoms with Crippen molar-refractivity contribution in [2.24, 2.45) is 5.92 Å². The number of benzene rings is 1. The van der Waals surface area contributed by atoms with Crippen molar-refractivity contribution in [2.45, 2.75) is 50.9 Å². The van der Waals surface area contributed by atoms with Crippen LogP contribution in [0.15, 0.2) is 18.2 Å². The minimum atomic E-state index is 0.132. The molecule has 2 nitrogen and oxygen atoms in total. The third-order valence-electron chi connectivity index (χ3n) is 4.90. The van der Waals surface area contributed by atoms with Gasteiger partial charge in [0.25, 0.3) is 0 Å². The summed E-state index contributed by atoms with van der Waals surface area (Å²) in [5.41, 5.74) is 4.51. The first-order valence-corrected chi connectivity index (χ1v) is 7.27. The fraction of sp³-hybridized carbons (Fsp3) is 0.625. The Kier molecular flexibility index (Phi) is 2.33. The minimum Gasteiger partial charge on any atom is -0.366 e. The first kappa shape index (κ1) is 11.0. The SMILES string of the molecule is CC1CCC(c2ccc3c(c2)C2(CC2)OC3)NC1. The molecule has 0 amide bonds. The van der Waals surface area contributed by atoms with Gasteiger partial charge >= 0.3 is 0 Å². The van der Waals surface area contributed by atoms with E-state index in [4.69, 9.17) is 4.74 Å². The molecule has 1 saturated heterocycles. The van der Waals surface area contributed by atoms with E-state index < -0.39 is 0 Å². The van der Waals surface area contributed by atoms with Crippen LogP contribution >= 0.6 is 0 Å². The van der Waals surface area contributed by atoms with Crippen LogP contribution in [0.2, 0.25) is 0 Å². The normalized spacial score (nSPS) is 32.5. The van der Waals surface area contributed by atoms with E-state index in [0.717, 1.165) is 19.1 Å². The summed E-state index contributed by atoms with van der Waals surface area (Å²) in [7, 11) is 0. The summed E-state index contributed by atoms with van der Waals surface area (Å²) in [6, 6.07) is 7.57. The van der Waals surface area contributed by atoms with Crippen molar-refractivity contribution >= 4 is 0 Å². The van der Waals surface area contributed by atoms with E-state index in [0.29, 0.717) is 6.04 Å². The molecule has 1 aromatic rings. The van der Waals surface area contributed by atoms with Gasteiger partial charge < -0.3 is 10.1 Å². The summed E-state index contributed by atoms with van der Waals surface area (Å²) in [6.45, 7) is 4.31. The molecule has 4 rings (SSSR count). The minimum absolute atomic E-state index is 0.132. The van der Waals surface area contributed by atoms with Crippen molar-refractivity contribution in [3.63, 3.8) is 0 Å². The number of fused-ring (bicyclic) bond motifs is 2. The number of piperidine rings is 1. The fourth-order valence-electron chi connectivity index (χ4n) is 3.46. The second-order valence-electron chi connectivity index (χ2n) is 6.34. The molecule has 0 aromatic heterocycles. The zero-order valence-corrected chi connectivity index (χ0v) is 11.0. The molecule has 2 heterocycles. The van der Waals surface area contributed by atoms with Crippen LogP contribution in [0.25, 0.3) is 0 Å². The molecule has 1 saturated carbocycles. The fourth-order valence-corrected chi connectivity index (χ4v) is 3.46. The standard InChI is InChI=1S/C16H21NO/c1-11-2-5-15(17-9-11)12-3-4-13-10-18-16(6-7-16)14(13)8-12/h3-4,8,11,15,17H,2,5-7,9-10H2,1H3. The maximum absolute atomic E-state index is 5.96. The lowest BCUT2D eigenvalue weighted by atomic mass is 9.90. The van der Waals surface area contributed by atoms with Crippen molar-refractivity contribution in [3.05, 3.63) is 34.9 Å². The van der Waals surface area contributed by atoms with Gasteiger partial charge in [0.1, 0.15) is 0 Å². The van der Waals surface area contributed by atoms with Crippen LogP contribution in [-0.2, 0) is 16.9 Å². The second kappa shape index (κ2) is 3.82. The van der Waals surface area contributed by atoms with Gasteiger partial charge in [-0.1, -0.05) is 25.1 Å². The van der Waals surface area contributed by atoms with Crippen LogP contribution in [-0.4, -0.2) is 6.54 Å². The van der Waals surface area contributed by atoms with Crippen molar-refractivity contribution in [1.82, 2.24) is 5.32 Å². The van der Waals surface area contributed by atoms with Gasteiger partial charge in [0.05, 0.1) is 12.2 Å². The largest absolute Gasteiger partial charge is 0.366 e. The van der Waals surface area contributed by atoms with Crippen molar-refractivity contribution in [2.75, 3.05) is 6.54 Å². The predicted octanol–water partition coefficient (Wildman–Crippen LogP) is 3.27. The maximum Gasteiger partial charge on any atom is 0.0941 e. The van der Waals surface area contributed by atoms with Gasteiger partial charge in [0.2, 0.25) is 0 Å². The van der Waals surface area contributed by atoms with Gasteiger partial charge in [0, 0.05) is 6.04 Å². The van der Waals surface area contributed by atoms with E-state index in [1.165, 1.54) is 42.4 Å². The molecule has 0 bridgehead atoms. The highest BCUT2D eigenvalue weighted by atomic mass is 16.5. The van der Waals surface area contributed by atoms with Crippen LogP contribution in [0.1, 0.15) is 55.3 Å². The first-order valence-electron chi connectivity index (χ1n) is 7.27. The highest BCUT2D eigenvalue weighted by Crippen LogP contribution is 2.55. The molecule has 0 radical (unpaired) electrons. The third-order valence-corrected chi connectivity index (χ3v) is 4.90. The second-order valence-corrected chi connectivity index (χ2v) is 6.34. The van der Waals surface area contributed by atoms with Gasteiger partial charge in [-0.25, -0.2) is 0 Å². The Labute approximate surface area is 109 Å². The Hall–Kier alpha value is -0.860. The molecule has 2 unspecified atom stereocenters. The van der Waals surface area contributed by atoms with E-state index >= 15 is 0 Å². The Balaban J connectivity index is 1.63. The van der Waals surface area contributed by atoms with Gasteiger partial charge in [-0.2, -0.15) is 0 Å². The van der Waals surface area contributed by atoms with E-state index in [1.807, 2.05) is 0 Å². The molecule has 2 heteroatoms. The highest BCUT2D eigenvalue weighted by molar-refractivity contribution is 5.42. The molecule has 2 atom stereocenters. The summed E-state index contributed by atoms with van der Waals surface area (Å²) < 4.78 is 5.96. The molecule has 2 fully saturated rings. The van der Waals surface area contributed by atoms with E-state index in [1.54, 1.807) is 0 Å². The third kappa shape index (κ3) is 1.63. The van der Waals surface area contributed by atoms with Crippen LogP contribution in [0.3, 0.4) is 0 Å². The molecular formula is C16H21NO. The number of hydrogen-bond donors (Lipinski definition) is 1. The average Bonchev–Trinajstić information content (AvgIpc) is 3.09. The van der Waals surface area contributed by atoms with E-state index in [9.17, 15) is 0 Å². The predicted molar refractivity (Wildman–Crippen MR) is 71.3 cm³/mol. The first-order chi connectivity index (χ1) is 8.77. The number of hydrogen-bond acceptors (Lipinski definition) is 2. The van der Waals surface area contributed by atoms with Crippen LogP contribution in [0.4, 0.5) is 0 Å². The number of rotatable bonds is 1. The van der Waals surface area contributed by atoms with Crippen molar-refractivity contribution in [3.8, 4) is 0 Å². The van der Waals surface area contributed by atoms with Crippen molar-refractivity contribution in [1.29, 1.82) is 0 Å². The Morgan fingerprint density at radius 3 is 2.89 bits per heavy atom. The van der Waals surface area contributed by atoms with Crippen LogP contribution in [0.5, 0.6) is 0 Å². The summed E-state index contributed by atoms with van der Waals surface area (Å²) in [6.07, 6.45) is 5.06. The lowest BCUT2D eigenvalue weighted by molar-refractivity contribution is 0.0442. The quantitative estimate of drug-likeness (QED) is 0.817. The molecule has 1 aromatic carbocycles. The summed E-state index contributed by atoms with van der Waals surface area (Å²) in [5.74, 6) is 0.828. The summed E-state index contributed by atoms with van der Waals surface area (Å²) >= 11 is 0. The number of nitrogens with one attached hydrogen (secondary N) is 1. The molecule has 1 aliphatic carbocycles. The maximum atomic E-state index is 5.96. The zero-order chi connectivity index (χ0) is 12.2. The van der Waals surface area contributed by atoms with Crippen molar-refractivity contribution < 1.29 is 4.74 Å². The molecule has 1 N–H and O–H groups in total. The molecule has 1 spiro atoms. The Morgan fingerprint density at radius 1 is 1.28 bits per heavy atom. The van der Waals surface area contributed by atoms with Gasteiger partial charge in [-0.3, -0.25) is 0 Å². The smallest absolute Gasteiger partial charge is 0.0941 e. The van der Waals surface area contributed by atoms with Crippen LogP contribution in [0, 0.1) is 5.92 Å². The molecule has 96 valence electrons. The lowest BCUT2D eigenvalue weighted by Gasteiger charge is -2.28.